The average Bonchev–Trinajstić information content (AvgIpc) is 3.11. The van der Waals surface area contributed by atoms with Gasteiger partial charge in [0.25, 0.3) is 5.91 Å². The largest absolute Gasteiger partial charge is 0.448 e. The van der Waals surface area contributed by atoms with Gasteiger partial charge in [0.1, 0.15) is 5.69 Å². The highest BCUT2D eigenvalue weighted by molar-refractivity contribution is 5.99. The third kappa shape index (κ3) is 2.97. The van der Waals surface area contributed by atoms with E-state index < -0.39 is 18.0 Å². The van der Waals surface area contributed by atoms with Crippen molar-refractivity contribution in [2.45, 2.75) is 12.5 Å². The Balaban J connectivity index is 1.48. The van der Waals surface area contributed by atoms with Gasteiger partial charge in [-0.1, -0.05) is 24.3 Å². The van der Waals surface area contributed by atoms with E-state index in [0.717, 1.165) is 5.56 Å². The van der Waals surface area contributed by atoms with Crippen LogP contribution in [-0.2, 0) is 16.0 Å². The number of esters is 1. The maximum Gasteiger partial charge on any atom is 0.339 e. The van der Waals surface area contributed by atoms with Crippen molar-refractivity contribution in [3.05, 3.63) is 59.8 Å². The number of hydrogen-bond donors (Lipinski definition) is 2. The van der Waals surface area contributed by atoms with E-state index in [4.69, 9.17) is 4.74 Å². The molecule has 0 spiro atoms. The Kier molecular flexibility index (Phi) is 3.70. The van der Waals surface area contributed by atoms with E-state index in [1.165, 1.54) is 0 Å². The normalized spacial score (nSPS) is 16.0. The SMILES string of the molecule is O=C1OC(C(=O)Nc2n[nH]c(-c3ccccn3)n2)Cc2ccccc21. The number of carbonyl (C=O) groups is 2. The molecule has 1 aliphatic heterocycles. The quantitative estimate of drug-likeness (QED) is 0.703. The number of aromatic nitrogens is 4. The fourth-order valence-electron chi connectivity index (χ4n) is 2.60. The van der Waals surface area contributed by atoms with E-state index in [0.29, 0.717) is 23.5 Å². The summed E-state index contributed by atoms with van der Waals surface area (Å²) in [6.45, 7) is 0. The fourth-order valence-corrected chi connectivity index (χ4v) is 2.60. The maximum atomic E-state index is 12.4. The molecule has 1 unspecified atom stereocenters. The Morgan fingerprint density at radius 3 is 2.88 bits per heavy atom. The van der Waals surface area contributed by atoms with E-state index in [-0.39, 0.29) is 5.95 Å². The van der Waals surface area contributed by atoms with E-state index in [2.05, 4.69) is 25.5 Å². The van der Waals surface area contributed by atoms with E-state index >= 15 is 0 Å². The number of aromatic amines is 1. The van der Waals surface area contributed by atoms with Gasteiger partial charge in [-0.3, -0.25) is 20.2 Å². The zero-order valence-corrected chi connectivity index (χ0v) is 13.0. The van der Waals surface area contributed by atoms with Crippen LogP contribution in [0.1, 0.15) is 15.9 Å². The van der Waals surface area contributed by atoms with Crippen LogP contribution in [0.5, 0.6) is 0 Å². The molecule has 0 bridgehead atoms. The van der Waals surface area contributed by atoms with Crippen LogP contribution >= 0.6 is 0 Å². The van der Waals surface area contributed by atoms with Crippen LogP contribution in [0.4, 0.5) is 5.95 Å². The van der Waals surface area contributed by atoms with Gasteiger partial charge in [0.15, 0.2) is 11.9 Å². The van der Waals surface area contributed by atoms with Crippen LogP contribution in [0.25, 0.3) is 11.5 Å². The van der Waals surface area contributed by atoms with Crippen molar-refractivity contribution in [1.29, 1.82) is 0 Å². The first kappa shape index (κ1) is 15.0. The number of nitrogens with one attached hydrogen (secondary N) is 2. The molecule has 0 radical (unpaired) electrons. The summed E-state index contributed by atoms with van der Waals surface area (Å²) in [6.07, 6.45) is 1.03. The molecule has 2 aromatic heterocycles. The number of amides is 1. The van der Waals surface area contributed by atoms with Gasteiger partial charge in [-0.15, -0.1) is 5.10 Å². The topological polar surface area (TPSA) is 110 Å². The molecule has 0 aliphatic carbocycles. The Hall–Kier alpha value is -3.55. The number of anilines is 1. The van der Waals surface area contributed by atoms with Gasteiger partial charge < -0.3 is 4.74 Å². The van der Waals surface area contributed by atoms with Gasteiger partial charge >= 0.3 is 5.97 Å². The van der Waals surface area contributed by atoms with E-state index in [1.54, 1.807) is 30.5 Å². The van der Waals surface area contributed by atoms with Gasteiger partial charge in [-0.2, -0.15) is 4.98 Å². The molecule has 4 rings (SSSR count). The Bertz CT molecular complexity index is 938. The molecule has 1 atom stereocenters. The summed E-state index contributed by atoms with van der Waals surface area (Å²) in [6, 6.07) is 12.4. The lowest BCUT2D eigenvalue weighted by Crippen LogP contribution is -2.38. The molecule has 0 saturated carbocycles. The first-order chi connectivity index (χ1) is 12.2. The number of rotatable bonds is 3. The van der Waals surface area contributed by atoms with Crippen LogP contribution in [0.3, 0.4) is 0 Å². The molecule has 3 heterocycles. The summed E-state index contributed by atoms with van der Waals surface area (Å²) in [4.78, 5) is 32.7. The molecule has 25 heavy (non-hydrogen) atoms. The highest BCUT2D eigenvalue weighted by Crippen LogP contribution is 2.21. The number of carbonyl (C=O) groups excluding carboxylic acids is 2. The summed E-state index contributed by atoms with van der Waals surface area (Å²) in [5.41, 5.74) is 1.87. The molecule has 2 N–H and O–H groups in total. The Morgan fingerprint density at radius 2 is 2.04 bits per heavy atom. The molecule has 8 nitrogen and oxygen atoms in total. The number of hydrogen-bond acceptors (Lipinski definition) is 6. The summed E-state index contributed by atoms with van der Waals surface area (Å²) in [5, 5.41) is 9.21. The highest BCUT2D eigenvalue weighted by atomic mass is 16.5. The zero-order valence-electron chi connectivity index (χ0n) is 13.0. The Labute approximate surface area is 142 Å². The third-order valence-electron chi connectivity index (χ3n) is 3.81. The van der Waals surface area contributed by atoms with Gasteiger partial charge in [-0.25, -0.2) is 4.79 Å². The van der Waals surface area contributed by atoms with Crippen molar-refractivity contribution in [2.75, 3.05) is 5.32 Å². The number of fused-ring (bicyclic) bond motifs is 1. The molecule has 124 valence electrons. The standard InChI is InChI=1S/C17H13N5O3/c23-15(13-9-10-5-1-2-6-11(10)16(24)25-13)20-17-19-14(21-22-17)12-7-3-4-8-18-12/h1-8,13H,9H2,(H2,19,20,21,22,23). The molecular weight excluding hydrogens is 322 g/mol. The minimum Gasteiger partial charge on any atom is -0.448 e. The zero-order chi connectivity index (χ0) is 17.2. The highest BCUT2D eigenvalue weighted by Gasteiger charge is 2.31. The van der Waals surface area contributed by atoms with Crippen molar-refractivity contribution in [1.82, 2.24) is 20.2 Å². The van der Waals surface area contributed by atoms with Gasteiger partial charge in [-0.05, 0) is 23.8 Å². The average molecular weight is 335 g/mol. The summed E-state index contributed by atoms with van der Waals surface area (Å²) >= 11 is 0. The lowest BCUT2D eigenvalue weighted by atomic mass is 9.98. The van der Waals surface area contributed by atoms with Crippen molar-refractivity contribution in [3.8, 4) is 11.5 Å². The molecule has 8 heteroatoms. The van der Waals surface area contributed by atoms with Crippen LogP contribution in [0.2, 0.25) is 0 Å². The summed E-state index contributed by atoms with van der Waals surface area (Å²) in [5.74, 6) is -0.456. The molecule has 3 aromatic rings. The van der Waals surface area contributed by atoms with E-state index in [9.17, 15) is 9.59 Å². The number of H-pyrrole nitrogens is 1. The number of ether oxygens (including phenoxy) is 1. The molecule has 1 amide bonds. The molecule has 1 aromatic carbocycles. The second-order valence-corrected chi connectivity index (χ2v) is 5.47. The van der Waals surface area contributed by atoms with Crippen LogP contribution in [-0.4, -0.2) is 38.1 Å². The second kappa shape index (κ2) is 6.16. The fraction of sp³-hybridized carbons (Fsp3) is 0.118. The summed E-state index contributed by atoms with van der Waals surface area (Å²) < 4.78 is 5.21. The number of pyridine rings is 1. The van der Waals surface area contributed by atoms with Crippen LogP contribution in [0.15, 0.2) is 48.7 Å². The van der Waals surface area contributed by atoms with Gasteiger partial charge in [0, 0.05) is 12.6 Å². The second-order valence-electron chi connectivity index (χ2n) is 5.47. The van der Waals surface area contributed by atoms with Gasteiger partial charge in [0.05, 0.1) is 5.56 Å². The minimum atomic E-state index is -0.917. The smallest absolute Gasteiger partial charge is 0.339 e. The van der Waals surface area contributed by atoms with Crippen molar-refractivity contribution in [2.24, 2.45) is 0 Å². The lowest BCUT2D eigenvalue weighted by molar-refractivity contribution is -0.125. The minimum absolute atomic E-state index is 0.0977. The maximum absolute atomic E-state index is 12.4. The third-order valence-corrected chi connectivity index (χ3v) is 3.81. The molecular formula is C17H13N5O3. The monoisotopic (exact) mass is 335 g/mol. The number of benzene rings is 1. The lowest BCUT2D eigenvalue weighted by Gasteiger charge is -2.23. The molecule has 1 aliphatic rings. The number of cyclic esters (lactones) is 1. The van der Waals surface area contributed by atoms with Crippen LogP contribution < -0.4 is 5.32 Å². The molecule has 0 fully saturated rings. The summed E-state index contributed by atoms with van der Waals surface area (Å²) in [7, 11) is 0. The predicted octanol–water partition coefficient (Wildman–Crippen LogP) is 1.59. The number of nitrogens with zero attached hydrogens (tertiary/aromatic N) is 3. The first-order valence-corrected chi connectivity index (χ1v) is 7.64. The first-order valence-electron chi connectivity index (χ1n) is 7.64. The van der Waals surface area contributed by atoms with Crippen LogP contribution in [0, 0.1) is 0 Å². The predicted molar refractivity (Wildman–Crippen MR) is 87.6 cm³/mol. The van der Waals surface area contributed by atoms with E-state index in [1.807, 2.05) is 18.2 Å². The van der Waals surface area contributed by atoms with Crippen molar-refractivity contribution >= 4 is 17.8 Å². The van der Waals surface area contributed by atoms with Gasteiger partial charge in [0.2, 0.25) is 5.95 Å². The van der Waals surface area contributed by atoms with Crippen molar-refractivity contribution in [3.63, 3.8) is 0 Å². The molecule has 0 saturated heterocycles. The van der Waals surface area contributed by atoms with Crippen molar-refractivity contribution < 1.29 is 14.3 Å². The Morgan fingerprint density at radius 1 is 1.20 bits per heavy atom.